The Morgan fingerprint density at radius 3 is 2.35 bits per heavy atom. The van der Waals surface area contributed by atoms with Crippen LogP contribution >= 0.6 is 0 Å². The van der Waals surface area contributed by atoms with Gasteiger partial charge in [-0.3, -0.25) is 0 Å². The molecule has 0 aromatic rings. The summed E-state index contributed by atoms with van der Waals surface area (Å²) in [5.74, 6) is -0.697. The van der Waals surface area contributed by atoms with Crippen molar-refractivity contribution in [2.45, 2.75) is 122 Å². The fourth-order valence-corrected chi connectivity index (χ4v) is 5.31. The summed E-state index contributed by atoms with van der Waals surface area (Å²) < 4.78 is 11.2. The van der Waals surface area contributed by atoms with E-state index in [1.165, 1.54) is 0 Å². The highest BCUT2D eigenvalue weighted by molar-refractivity contribution is 5.87. The van der Waals surface area contributed by atoms with Gasteiger partial charge in [-0.25, -0.2) is 4.79 Å². The van der Waals surface area contributed by atoms with Crippen molar-refractivity contribution in [3.05, 3.63) is 47.6 Å². The zero-order chi connectivity index (χ0) is 30.0. The summed E-state index contributed by atoms with van der Waals surface area (Å²) in [7, 11) is 0. The second-order valence-electron chi connectivity index (χ2n) is 12.1. The molecule has 0 spiro atoms. The molecule has 2 heterocycles. The van der Waals surface area contributed by atoms with Crippen LogP contribution in [-0.4, -0.2) is 80.8 Å². The van der Waals surface area contributed by atoms with E-state index in [1.54, 1.807) is 19.9 Å². The Morgan fingerprint density at radius 1 is 0.975 bits per heavy atom. The topological polar surface area (TPSA) is 140 Å². The molecule has 0 aromatic heterocycles. The predicted molar refractivity (Wildman–Crippen MR) is 155 cm³/mol. The molecule has 2 aliphatic heterocycles. The molecule has 1 fully saturated rings. The van der Waals surface area contributed by atoms with Gasteiger partial charge in [0.2, 0.25) is 0 Å². The van der Waals surface area contributed by atoms with Gasteiger partial charge in [0.15, 0.2) is 0 Å². The Hall–Kier alpha value is -1.81. The van der Waals surface area contributed by atoms with Gasteiger partial charge in [-0.15, -0.1) is 0 Å². The maximum Gasteiger partial charge on any atom is 0.333 e. The molecule has 228 valence electrons. The van der Waals surface area contributed by atoms with Gasteiger partial charge in [0.05, 0.1) is 31.0 Å². The normalized spacial score (nSPS) is 42.0. The van der Waals surface area contributed by atoms with Crippen molar-refractivity contribution in [1.82, 2.24) is 0 Å². The van der Waals surface area contributed by atoms with Gasteiger partial charge in [-0.2, -0.15) is 0 Å². The van der Waals surface area contributed by atoms with Crippen LogP contribution in [0.1, 0.15) is 79.6 Å². The number of carbonyl (C=O) groups is 1. The van der Waals surface area contributed by atoms with Crippen LogP contribution < -0.4 is 0 Å². The molecule has 0 aliphatic carbocycles. The highest BCUT2D eigenvalue weighted by Gasteiger charge is 2.37. The number of aliphatic hydroxyl groups is 5. The van der Waals surface area contributed by atoms with E-state index < -0.39 is 49.0 Å². The van der Waals surface area contributed by atoms with E-state index in [2.05, 4.69) is 31.7 Å². The van der Waals surface area contributed by atoms with Crippen molar-refractivity contribution in [2.75, 3.05) is 6.61 Å². The van der Waals surface area contributed by atoms with Crippen molar-refractivity contribution >= 4 is 5.97 Å². The average molecular weight is 565 g/mol. The number of aliphatic hydroxyl groups excluding tert-OH is 5. The minimum Gasteiger partial charge on any atom is -0.457 e. The third-order valence-electron chi connectivity index (χ3n) is 8.09. The molecule has 0 unspecified atom stereocenters. The number of epoxide rings is 1. The van der Waals surface area contributed by atoms with Crippen LogP contribution in [0.15, 0.2) is 47.6 Å². The summed E-state index contributed by atoms with van der Waals surface area (Å²) >= 11 is 0. The van der Waals surface area contributed by atoms with Crippen molar-refractivity contribution in [3.63, 3.8) is 0 Å². The van der Waals surface area contributed by atoms with E-state index >= 15 is 0 Å². The summed E-state index contributed by atoms with van der Waals surface area (Å²) in [4.78, 5) is 12.5. The maximum atomic E-state index is 12.5. The molecule has 40 heavy (non-hydrogen) atoms. The van der Waals surface area contributed by atoms with Crippen LogP contribution in [0.3, 0.4) is 0 Å². The molecule has 8 heteroatoms. The lowest BCUT2D eigenvalue weighted by molar-refractivity contribution is -0.149. The molecule has 2 rings (SSSR count). The van der Waals surface area contributed by atoms with Gasteiger partial charge in [0.1, 0.15) is 18.3 Å². The molecule has 5 N–H and O–H groups in total. The smallest absolute Gasteiger partial charge is 0.333 e. The van der Waals surface area contributed by atoms with Crippen molar-refractivity contribution in [1.29, 1.82) is 0 Å². The first-order valence-corrected chi connectivity index (χ1v) is 14.7. The van der Waals surface area contributed by atoms with E-state index in [9.17, 15) is 30.3 Å². The second-order valence-corrected chi connectivity index (χ2v) is 12.1. The Bertz CT molecular complexity index is 909. The Balaban J connectivity index is 2.13. The van der Waals surface area contributed by atoms with Crippen LogP contribution in [0.5, 0.6) is 0 Å². The number of rotatable bonds is 1. The van der Waals surface area contributed by atoms with E-state index in [1.807, 2.05) is 13.8 Å². The molecule has 0 amide bonds. The van der Waals surface area contributed by atoms with Crippen molar-refractivity contribution < 1.29 is 39.8 Å². The van der Waals surface area contributed by atoms with Crippen LogP contribution in [-0.2, 0) is 14.3 Å². The summed E-state index contributed by atoms with van der Waals surface area (Å²) in [5.41, 5.74) is 2.53. The summed E-state index contributed by atoms with van der Waals surface area (Å²) in [6.45, 7) is 13.3. The maximum absolute atomic E-state index is 12.5. The minimum absolute atomic E-state index is 0.0348. The SMILES string of the molecule is C=C1/C=C(\C)[C@@H](C)C[C@H](O)C[C@@H](O)[C@H](O)[C@@H](O)[C@H](C)C[C@H](CO)OC(=O)/C(C)=C/CC/C=C/[C@@H]2O[C@H]2C[C@H](C)C1. The standard InChI is InChI=1S/C32H52O8/c1-19-12-20(2)14-29-28(40-29)11-9-7-8-10-21(3)32(38)39-26(18-33)16-24(6)30(36)31(37)27(35)17-25(34)15-23(5)22(4)13-19/h9-11,13,20,23-31,33-37H,1,7-8,12,14-18H2,2-6H3/b11-9+,21-10+,22-13+/t20-,23+,24-,25+,26-,27-,28+,29+,30+,31+/m1/s1. The lowest BCUT2D eigenvalue weighted by Crippen LogP contribution is -2.43. The van der Waals surface area contributed by atoms with Crippen LogP contribution in [0.2, 0.25) is 0 Å². The molecule has 0 bridgehead atoms. The first-order valence-electron chi connectivity index (χ1n) is 14.7. The Labute approximate surface area is 240 Å². The molecular weight excluding hydrogens is 512 g/mol. The quantitative estimate of drug-likeness (QED) is 0.184. The van der Waals surface area contributed by atoms with E-state index in [4.69, 9.17) is 9.47 Å². The minimum atomic E-state index is -1.50. The van der Waals surface area contributed by atoms with Crippen LogP contribution in [0.25, 0.3) is 0 Å². The van der Waals surface area contributed by atoms with Gasteiger partial charge in [0, 0.05) is 12.0 Å². The number of esters is 1. The average Bonchev–Trinajstić information content (AvgIpc) is 3.62. The Kier molecular flexibility index (Phi) is 14.3. The number of hydrogen-bond acceptors (Lipinski definition) is 8. The number of ether oxygens (including phenoxy) is 2. The van der Waals surface area contributed by atoms with Crippen molar-refractivity contribution in [3.8, 4) is 0 Å². The molecule has 0 radical (unpaired) electrons. The number of fused-ring (bicyclic) bond motifs is 1. The van der Waals surface area contributed by atoms with E-state index in [-0.39, 0.29) is 31.0 Å². The third kappa shape index (κ3) is 11.6. The number of allylic oxidation sites excluding steroid dienone is 5. The second kappa shape index (κ2) is 16.6. The van der Waals surface area contributed by atoms with Gasteiger partial charge in [-0.1, -0.05) is 62.8 Å². The molecule has 0 aromatic carbocycles. The molecule has 10 atom stereocenters. The number of carbonyl (C=O) groups excluding carboxylic acids is 1. The fraction of sp³-hybridized carbons (Fsp3) is 0.719. The highest BCUT2D eigenvalue weighted by atomic mass is 16.6. The largest absolute Gasteiger partial charge is 0.457 e. The molecule has 2 aliphatic rings. The number of hydrogen-bond donors (Lipinski definition) is 5. The summed E-state index contributed by atoms with van der Waals surface area (Å²) in [5, 5.41) is 52.1. The van der Waals surface area contributed by atoms with E-state index in [0.29, 0.717) is 24.3 Å². The third-order valence-corrected chi connectivity index (χ3v) is 8.09. The summed E-state index contributed by atoms with van der Waals surface area (Å²) in [6, 6.07) is 0. The molecule has 8 nitrogen and oxygen atoms in total. The van der Waals surface area contributed by atoms with Gasteiger partial charge in [-0.05, 0) is 70.1 Å². The van der Waals surface area contributed by atoms with Crippen LogP contribution in [0.4, 0.5) is 0 Å². The Morgan fingerprint density at radius 2 is 1.68 bits per heavy atom. The lowest BCUT2D eigenvalue weighted by Gasteiger charge is -2.30. The molecular formula is C32H52O8. The molecule has 0 saturated carbocycles. The fourth-order valence-electron chi connectivity index (χ4n) is 5.31. The predicted octanol–water partition coefficient (Wildman–Crippen LogP) is 3.76. The van der Waals surface area contributed by atoms with Crippen molar-refractivity contribution in [2.24, 2.45) is 17.8 Å². The summed E-state index contributed by atoms with van der Waals surface area (Å²) in [6.07, 6.45) is 6.00. The first-order chi connectivity index (χ1) is 18.8. The monoisotopic (exact) mass is 564 g/mol. The highest BCUT2D eigenvalue weighted by Crippen LogP contribution is 2.32. The van der Waals surface area contributed by atoms with Crippen LogP contribution in [0, 0.1) is 17.8 Å². The van der Waals surface area contributed by atoms with Gasteiger partial charge >= 0.3 is 5.97 Å². The number of cyclic esters (lactones) is 1. The zero-order valence-electron chi connectivity index (χ0n) is 24.9. The van der Waals surface area contributed by atoms with Gasteiger partial charge < -0.3 is 35.0 Å². The lowest BCUT2D eigenvalue weighted by atomic mass is 9.87. The van der Waals surface area contributed by atoms with E-state index in [0.717, 1.165) is 30.4 Å². The first kappa shape index (κ1) is 34.4. The zero-order valence-corrected chi connectivity index (χ0v) is 24.9. The molecule has 1 saturated heterocycles. The van der Waals surface area contributed by atoms with Gasteiger partial charge in [0.25, 0.3) is 0 Å².